The number of aryl methyl sites for hydroxylation is 1. The summed E-state index contributed by atoms with van der Waals surface area (Å²) in [6, 6.07) is 0. The van der Waals surface area contributed by atoms with Crippen LogP contribution in [0.3, 0.4) is 0 Å². The number of ether oxygens (including phenoxy) is 1. The molecule has 0 spiro atoms. The van der Waals surface area contributed by atoms with Crippen molar-refractivity contribution in [3.63, 3.8) is 0 Å². The van der Waals surface area contributed by atoms with Crippen LogP contribution in [0, 0.1) is 0 Å². The third kappa shape index (κ3) is 5.25. The Labute approximate surface area is 187 Å². The standard InChI is InChI=1S/C17H24N10O2S2/c1-3-30-16-20-14(26-6-8-29-9-7-26)12-10-19-27(15(12)21-16)5-4-18-13(28)11-31-17-22-23-24-25(17)2/h10H,3-9,11H2,1-2H3,(H,18,28). The van der Waals surface area contributed by atoms with Gasteiger partial charge in [0.05, 0.1) is 37.1 Å². The van der Waals surface area contributed by atoms with Crippen molar-refractivity contribution >= 4 is 46.3 Å². The van der Waals surface area contributed by atoms with Crippen LogP contribution in [0.1, 0.15) is 6.92 Å². The average Bonchev–Trinajstić information content (AvgIpc) is 3.38. The zero-order valence-corrected chi connectivity index (χ0v) is 19.0. The number of anilines is 1. The second-order valence-corrected chi connectivity index (χ2v) is 8.86. The van der Waals surface area contributed by atoms with E-state index in [1.165, 1.54) is 16.4 Å². The molecule has 0 saturated carbocycles. The molecule has 0 aliphatic carbocycles. The summed E-state index contributed by atoms with van der Waals surface area (Å²) in [5, 5.41) is 20.8. The van der Waals surface area contributed by atoms with Crippen LogP contribution in [-0.2, 0) is 23.1 Å². The van der Waals surface area contributed by atoms with Crippen LogP contribution in [0.5, 0.6) is 0 Å². The van der Waals surface area contributed by atoms with Crippen molar-refractivity contribution in [2.75, 3.05) is 49.3 Å². The minimum Gasteiger partial charge on any atom is -0.378 e. The van der Waals surface area contributed by atoms with Gasteiger partial charge in [0.25, 0.3) is 0 Å². The summed E-state index contributed by atoms with van der Waals surface area (Å²) in [6.07, 6.45) is 1.80. The van der Waals surface area contributed by atoms with Gasteiger partial charge in [0, 0.05) is 26.7 Å². The molecule has 0 atom stereocenters. The molecule has 166 valence electrons. The molecule has 4 rings (SSSR count). The molecule has 1 saturated heterocycles. The molecule has 3 aromatic rings. The Morgan fingerprint density at radius 1 is 1.26 bits per heavy atom. The van der Waals surface area contributed by atoms with Crippen molar-refractivity contribution in [2.45, 2.75) is 23.8 Å². The van der Waals surface area contributed by atoms with Gasteiger partial charge in [-0.3, -0.25) is 4.79 Å². The molecule has 0 radical (unpaired) electrons. The third-order valence-electron chi connectivity index (χ3n) is 4.60. The maximum Gasteiger partial charge on any atom is 0.230 e. The number of thioether (sulfide) groups is 2. The summed E-state index contributed by atoms with van der Waals surface area (Å²) in [5.41, 5.74) is 0.779. The molecular weight excluding hydrogens is 440 g/mol. The van der Waals surface area contributed by atoms with E-state index in [9.17, 15) is 4.79 Å². The molecule has 1 fully saturated rings. The summed E-state index contributed by atoms with van der Waals surface area (Å²) in [7, 11) is 1.74. The molecule has 12 nitrogen and oxygen atoms in total. The molecule has 0 bridgehead atoms. The lowest BCUT2D eigenvalue weighted by molar-refractivity contribution is -0.118. The van der Waals surface area contributed by atoms with Crippen LogP contribution in [-0.4, -0.2) is 90.2 Å². The summed E-state index contributed by atoms with van der Waals surface area (Å²) in [5.74, 6) is 1.94. The first-order chi connectivity index (χ1) is 15.2. The number of nitrogens with zero attached hydrogens (tertiary/aromatic N) is 9. The topological polar surface area (TPSA) is 129 Å². The van der Waals surface area contributed by atoms with Crippen molar-refractivity contribution in [3.8, 4) is 0 Å². The fourth-order valence-electron chi connectivity index (χ4n) is 3.12. The summed E-state index contributed by atoms with van der Waals surface area (Å²) < 4.78 is 8.83. The minimum atomic E-state index is -0.0877. The van der Waals surface area contributed by atoms with Crippen LogP contribution in [0.4, 0.5) is 5.82 Å². The van der Waals surface area contributed by atoms with E-state index in [1.54, 1.807) is 25.0 Å². The Morgan fingerprint density at radius 2 is 2.10 bits per heavy atom. The number of carbonyl (C=O) groups is 1. The smallest absolute Gasteiger partial charge is 0.230 e. The normalized spacial score (nSPS) is 14.3. The molecule has 1 amide bonds. The molecule has 4 heterocycles. The van der Waals surface area contributed by atoms with Gasteiger partial charge in [0.15, 0.2) is 10.8 Å². The predicted octanol–water partition coefficient (Wildman–Crippen LogP) is 0.207. The number of morpholine rings is 1. The Hall–Kier alpha value is -2.45. The monoisotopic (exact) mass is 464 g/mol. The number of nitrogens with one attached hydrogen (secondary N) is 1. The zero-order valence-electron chi connectivity index (χ0n) is 17.4. The number of amides is 1. The van der Waals surface area contributed by atoms with E-state index in [4.69, 9.17) is 14.7 Å². The number of hydrogen-bond acceptors (Lipinski definition) is 11. The molecule has 3 aromatic heterocycles. The number of aromatic nitrogens is 8. The zero-order chi connectivity index (χ0) is 21.6. The maximum atomic E-state index is 12.2. The lowest BCUT2D eigenvalue weighted by atomic mass is 10.3. The summed E-state index contributed by atoms with van der Waals surface area (Å²) in [4.78, 5) is 23.9. The van der Waals surface area contributed by atoms with E-state index < -0.39 is 0 Å². The second kappa shape index (κ2) is 10.2. The molecule has 1 N–H and O–H groups in total. The largest absolute Gasteiger partial charge is 0.378 e. The Morgan fingerprint density at radius 3 is 2.84 bits per heavy atom. The van der Waals surface area contributed by atoms with Gasteiger partial charge in [0.2, 0.25) is 11.1 Å². The van der Waals surface area contributed by atoms with Gasteiger partial charge in [-0.25, -0.2) is 19.3 Å². The molecule has 0 unspecified atom stereocenters. The molecular formula is C17H24N10O2S2. The highest BCUT2D eigenvalue weighted by molar-refractivity contribution is 7.99. The van der Waals surface area contributed by atoms with Crippen LogP contribution >= 0.6 is 23.5 Å². The number of rotatable bonds is 9. The van der Waals surface area contributed by atoms with Gasteiger partial charge in [-0.05, 0) is 16.2 Å². The van der Waals surface area contributed by atoms with Crippen LogP contribution in [0.25, 0.3) is 11.0 Å². The van der Waals surface area contributed by atoms with E-state index in [-0.39, 0.29) is 11.7 Å². The highest BCUT2D eigenvalue weighted by Crippen LogP contribution is 2.27. The lowest BCUT2D eigenvalue weighted by Crippen LogP contribution is -2.37. The van der Waals surface area contributed by atoms with E-state index in [0.29, 0.717) is 31.5 Å². The highest BCUT2D eigenvalue weighted by atomic mass is 32.2. The average molecular weight is 465 g/mol. The Bertz CT molecular complexity index is 1030. The molecule has 31 heavy (non-hydrogen) atoms. The molecule has 0 aromatic carbocycles. The van der Waals surface area contributed by atoms with Gasteiger partial charge in [-0.1, -0.05) is 30.4 Å². The molecule has 1 aliphatic heterocycles. The Kier molecular flexibility index (Phi) is 7.19. The number of hydrogen-bond donors (Lipinski definition) is 1. The Balaban J connectivity index is 1.42. The predicted molar refractivity (Wildman–Crippen MR) is 117 cm³/mol. The van der Waals surface area contributed by atoms with Crippen LogP contribution in [0.2, 0.25) is 0 Å². The quantitative estimate of drug-likeness (QED) is 0.344. The van der Waals surface area contributed by atoms with Crippen LogP contribution in [0.15, 0.2) is 16.5 Å². The third-order valence-corrected chi connectivity index (χ3v) is 6.34. The van der Waals surface area contributed by atoms with E-state index in [1.807, 2.05) is 4.68 Å². The van der Waals surface area contributed by atoms with Crippen molar-refractivity contribution in [1.82, 2.24) is 45.3 Å². The number of tetrazole rings is 1. The van der Waals surface area contributed by atoms with Gasteiger partial charge in [0.1, 0.15) is 5.82 Å². The minimum absolute atomic E-state index is 0.0877. The number of fused-ring (bicyclic) bond motifs is 1. The molecule has 14 heteroatoms. The highest BCUT2D eigenvalue weighted by Gasteiger charge is 2.20. The molecule has 1 aliphatic rings. The van der Waals surface area contributed by atoms with Crippen molar-refractivity contribution in [2.24, 2.45) is 7.05 Å². The van der Waals surface area contributed by atoms with Gasteiger partial charge < -0.3 is 15.0 Å². The SMILES string of the molecule is CCSc1nc(N2CCOCC2)c2cnn(CCNC(=O)CSc3nnnn3C)c2n1. The van der Waals surface area contributed by atoms with Crippen molar-refractivity contribution < 1.29 is 9.53 Å². The lowest BCUT2D eigenvalue weighted by Gasteiger charge is -2.28. The van der Waals surface area contributed by atoms with E-state index >= 15 is 0 Å². The first-order valence-corrected chi connectivity index (χ1v) is 11.9. The van der Waals surface area contributed by atoms with Crippen LogP contribution < -0.4 is 10.2 Å². The van der Waals surface area contributed by atoms with Crippen molar-refractivity contribution in [3.05, 3.63) is 6.20 Å². The van der Waals surface area contributed by atoms with E-state index in [2.05, 4.69) is 37.8 Å². The first kappa shape index (κ1) is 21.8. The van der Waals surface area contributed by atoms with E-state index in [0.717, 1.165) is 40.9 Å². The fraction of sp³-hybridized carbons (Fsp3) is 0.588. The summed E-state index contributed by atoms with van der Waals surface area (Å²) in [6.45, 7) is 6.00. The maximum absolute atomic E-state index is 12.2. The van der Waals surface area contributed by atoms with Gasteiger partial charge in [-0.2, -0.15) is 5.10 Å². The summed E-state index contributed by atoms with van der Waals surface area (Å²) >= 11 is 2.89. The van der Waals surface area contributed by atoms with Gasteiger partial charge in [-0.15, -0.1) is 5.10 Å². The van der Waals surface area contributed by atoms with Gasteiger partial charge >= 0.3 is 0 Å². The second-order valence-electron chi connectivity index (χ2n) is 6.69. The first-order valence-electron chi connectivity index (χ1n) is 9.96. The number of carbonyl (C=O) groups excluding carboxylic acids is 1. The van der Waals surface area contributed by atoms with Crippen molar-refractivity contribution in [1.29, 1.82) is 0 Å². The fourth-order valence-corrected chi connectivity index (χ4v) is 4.36.